The Morgan fingerprint density at radius 2 is 1.79 bits per heavy atom. The van der Waals surface area contributed by atoms with Gasteiger partial charge in [0.2, 0.25) is 5.91 Å². The first-order valence-corrected chi connectivity index (χ1v) is 9.79. The number of aromatic nitrogens is 2. The van der Waals surface area contributed by atoms with E-state index in [2.05, 4.69) is 20.2 Å². The molecule has 2 aromatic carbocycles. The van der Waals surface area contributed by atoms with Crippen molar-refractivity contribution < 1.29 is 9.59 Å². The van der Waals surface area contributed by atoms with E-state index in [9.17, 15) is 9.59 Å². The number of hydrogen-bond acceptors (Lipinski definition) is 3. The summed E-state index contributed by atoms with van der Waals surface area (Å²) in [6, 6.07) is 14.4. The lowest BCUT2D eigenvalue weighted by atomic mass is 10.2. The lowest BCUT2D eigenvalue weighted by molar-refractivity contribution is -0.116. The van der Waals surface area contributed by atoms with E-state index in [0.29, 0.717) is 30.0 Å². The molecule has 0 radical (unpaired) electrons. The third kappa shape index (κ3) is 6.19. The van der Waals surface area contributed by atoms with Gasteiger partial charge in [-0.05, 0) is 55.3 Å². The number of hydrogen-bond donors (Lipinski definition) is 2. The number of carbonyl (C=O) groups excluding carboxylic acids is 2. The van der Waals surface area contributed by atoms with Gasteiger partial charge in [-0.25, -0.2) is 4.98 Å². The van der Waals surface area contributed by atoms with Crippen molar-refractivity contribution in [2.24, 2.45) is 0 Å². The van der Waals surface area contributed by atoms with Gasteiger partial charge in [0.1, 0.15) is 5.82 Å². The molecule has 0 spiro atoms. The summed E-state index contributed by atoms with van der Waals surface area (Å²) in [6.45, 7) is 3.14. The maximum absolute atomic E-state index is 12.1. The Morgan fingerprint density at radius 1 is 1.07 bits per heavy atom. The Balaban J connectivity index is 1.38. The molecule has 6 nitrogen and oxygen atoms in total. The van der Waals surface area contributed by atoms with Gasteiger partial charge in [0.15, 0.2) is 0 Å². The van der Waals surface area contributed by atoms with Gasteiger partial charge in [0.05, 0.1) is 0 Å². The van der Waals surface area contributed by atoms with Crippen molar-refractivity contribution in [1.82, 2.24) is 14.9 Å². The van der Waals surface area contributed by atoms with E-state index >= 15 is 0 Å². The van der Waals surface area contributed by atoms with E-state index in [1.807, 2.05) is 37.4 Å². The fourth-order valence-corrected chi connectivity index (χ4v) is 2.96. The van der Waals surface area contributed by atoms with Crippen LogP contribution in [0.25, 0.3) is 0 Å². The molecule has 0 atom stereocenters. The standard InChI is InChI=1S/C22H23ClN4O2/c1-16-24-13-14-27(16)15-17-4-10-20(11-5-17)26-21(28)3-2-12-25-22(29)18-6-8-19(23)9-7-18/h4-11,13-14H,2-3,12,15H2,1H3,(H,25,29)(H,26,28). The first-order valence-electron chi connectivity index (χ1n) is 9.41. The molecule has 7 heteroatoms. The number of benzene rings is 2. The van der Waals surface area contributed by atoms with Gasteiger partial charge in [-0.3, -0.25) is 9.59 Å². The minimum atomic E-state index is -0.175. The molecule has 0 aliphatic carbocycles. The van der Waals surface area contributed by atoms with Gasteiger partial charge in [-0.15, -0.1) is 0 Å². The number of carbonyl (C=O) groups is 2. The average Bonchev–Trinajstić information content (AvgIpc) is 3.11. The van der Waals surface area contributed by atoms with Gasteiger partial charge in [-0.2, -0.15) is 0 Å². The fourth-order valence-electron chi connectivity index (χ4n) is 2.84. The number of nitrogens with one attached hydrogen (secondary N) is 2. The van der Waals surface area contributed by atoms with Gasteiger partial charge in [-0.1, -0.05) is 23.7 Å². The minimum absolute atomic E-state index is 0.0797. The molecular formula is C22H23ClN4O2. The zero-order valence-electron chi connectivity index (χ0n) is 16.2. The van der Waals surface area contributed by atoms with Crippen molar-refractivity contribution in [1.29, 1.82) is 0 Å². The highest BCUT2D eigenvalue weighted by atomic mass is 35.5. The molecule has 2 amide bonds. The first-order chi connectivity index (χ1) is 14.0. The maximum Gasteiger partial charge on any atom is 0.251 e. The van der Waals surface area contributed by atoms with Crippen LogP contribution in [0.3, 0.4) is 0 Å². The van der Waals surface area contributed by atoms with Crippen LogP contribution in [0.4, 0.5) is 5.69 Å². The predicted molar refractivity (Wildman–Crippen MR) is 114 cm³/mol. The van der Waals surface area contributed by atoms with Gasteiger partial charge < -0.3 is 15.2 Å². The lowest BCUT2D eigenvalue weighted by Gasteiger charge is -2.09. The molecule has 2 N–H and O–H groups in total. The van der Waals surface area contributed by atoms with Crippen LogP contribution in [0.1, 0.15) is 34.6 Å². The van der Waals surface area contributed by atoms with Crippen molar-refractivity contribution in [3.63, 3.8) is 0 Å². The SMILES string of the molecule is Cc1nccn1Cc1ccc(NC(=O)CCCNC(=O)c2ccc(Cl)cc2)cc1. The second-order valence-corrected chi connectivity index (χ2v) is 7.15. The monoisotopic (exact) mass is 410 g/mol. The van der Waals surface area contributed by atoms with Crippen LogP contribution in [0.15, 0.2) is 60.9 Å². The number of rotatable bonds is 8. The molecular weight excluding hydrogens is 388 g/mol. The highest BCUT2D eigenvalue weighted by Gasteiger charge is 2.06. The summed E-state index contributed by atoms with van der Waals surface area (Å²) in [6.07, 6.45) is 4.61. The number of amides is 2. The van der Waals surface area contributed by atoms with Crippen LogP contribution in [0.5, 0.6) is 0 Å². The number of halogens is 1. The molecule has 150 valence electrons. The van der Waals surface area contributed by atoms with Crippen LogP contribution in [-0.2, 0) is 11.3 Å². The molecule has 0 saturated heterocycles. The fraction of sp³-hybridized carbons (Fsp3) is 0.227. The van der Waals surface area contributed by atoms with Gasteiger partial charge in [0, 0.05) is 48.2 Å². The van der Waals surface area contributed by atoms with Crippen molar-refractivity contribution >= 4 is 29.1 Å². The van der Waals surface area contributed by atoms with E-state index in [1.54, 1.807) is 30.5 Å². The van der Waals surface area contributed by atoms with Gasteiger partial charge in [0.25, 0.3) is 5.91 Å². The Hall–Kier alpha value is -3.12. The third-order valence-corrected chi connectivity index (χ3v) is 4.74. The average molecular weight is 411 g/mol. The van der Waals surface area contributed by atoms with E-state index < -0.39 is 0 Å². The summed E-state index contributed by atoms with van der Waals surface area (Å²) in [7, 11) is 0. The van der Waals surface area contributed by atoms with Crippen LogP contribution in [0, 0.1) is 6.92 Å². The first kappa shape index (κ1) is 20.6. The molecule has 3 rings (SSSR count). The second kappa shape index (κ2) is 9.89. The predicted octanol–water partition coefficient (Wildman–Crippen LogP) is 4.04. The van der Waals surface area contributed by atoms with Crippen molar-refractivity contribution in [2.45, 2.75) is 26.3 Å². The van der Waals surface area contributed by atoms with Crippen LogP contribution < -0.4 is 10.6 Å². The molecule has 1 heterocycles. The molecule has 0 saturated carbocycles. The molecule has 0 bridgehead atoms. The van der Waals surface area contributed by atoms with Gasteiger partial charge >= 0.3 is 0 Å². The van der Waals surface area contributed by atoms with Crippen molar-refractivity contribution in [3.05, 3.63) is 82.9 Å². The highest BCUT2D eigenvalue weighted by Crippen LogP contribution is 2.12. The zero-order chi connectivity index (χ0) is 20.6. The number of nitrogens with zero attached hydrogens (tertiary/aromatic N) is 2. The Bertz CT molecular complexity index is 965. The highest BCUT2D eigenvalue weighted by molar-refractivity contribution is 6.30. The molecule has 0 unspecified atom stereocenters. The largest absolute Gasteiger partial charge is 0.352 e. The van der Waals surface area contributed by atoms with E-state index in [1.165, 1.54) is 0 Å². The van der Waals surface area contributed by atoms with E-state index in [4.69, 9.17) is 11.6 Å². The lowest BCUT2D eigenvalue weighted by Crippen LogP contribution is -2.25. The Morgan fingerprint density at radius 3 is 2.45 bits per heavy atom. The number of aryl methyl sites for hydroxylation is 1. The minimum Gasteiger partial charge on any atom is -0.352 e. The summed E-state index contributed by atoms with van der Waals surface area (Å²) in [4.78, 5) is 28.3. The van der Waals surface area contributed by atoms with Crippen LogP contribution in [-0.4, -0.2) is 27.9 Å². The summed E-state index contributed by atoms with van der Waals surface area (Å²) in [5, 5.41) is 6.27. The summed E-state index contributed by atoms with van der Waals surface area (Å²) < 4.78 is 2.06. The van der Waals surface area contributed by atoms with E-state index in [0.717, 1.165) is 23.6 Å². The quantitative estimate of drug-likeness (QED) is 0.550. The zero-order valence-corrected chi connectivity index (χ0v) is 16.9. The summed E-state index contributed by atoms with van der Waals surface area (Å²) in [5.41, 5.74) is 2.44. The van der Waals surface area contributed by atoms with E-state index in [-0.39, 0.29) is 11.8 Å². The topological polar surface area (TPSA) is 76.0 Å². The van der Waals surface area contributed by atoms with Crippen LogP contribution in [0.2, 0.25) is 5.02 Å². The number of imidazole rings is 1. The molecule has 29 heavy (non-hydrogen) atoms. The third-order valence-electron chi connectivity index (χ3n) is 4.49. The summed E-state index contributed by atoms with van der Waals surface area (Å²) >= 11 is 5.81. The Kier molecular flexibility index (Phi) is 7.03. The smallest absolute Gasteiger partial charge is 0.251 e. The molecule has 0 fully saturated rings. The van der Waals surface area contributed by atoms with Crippen molar-refractivity contribution in [3.8, 4) is 0 Å². The van der Waals surface area contributed by atoms with Crippen molar-refractivity contribution in [2.75, 3.05) is 11.9 Å². The molecule has 0 aliphatic rings. The van der Waals surface area contributed by atoms with Crippen LogP contribution >= 0.6 is 11.6 Å². The summed E-state index contributed by atoms with van der Waals surface area (Å²) in [5.74, 6) is 0.709. The molecule has 0 aliphatic heterocycles. The normalized spacial score (nSPS) is 10.6. The molecule has 1 aromatic heterocycles. The number of anilines is 1. The Labute approximate surface area is 174 Å². The second-order valence-electron chi connectivity index (χ2n) is 6.71. The maximum atomic E-state index is 12.1. The molecule has 3 aromatic rings.